The van der Waals surface area contributed by atoms with Crippen LogP contribution in [0, 0.1) is 5.82 Å². The van der Waals surface area contributed by atoms with Crippen LogP contribution in [-0.2, 0) is 4.79 Å². The van der Waals surface area contributed by atoms with Gasteiger partial charge in [-0.2, -0.15) is 5.10 Å². The normalized spacial score (nSPS) is 15.1. The van der Waals surface area contributed by atoms with E-state index >= 15 is 0 Å². The van der Waals surface area contributed by atoms with Crippen LogP contribution in [-0.4, -0.2) is 46.8 Å². The number of nitrogens with zero attached hydrogens (tertiary/aromatic N) is 4. The number of halogens is 1. The van der Waals surface area contributed by atoms with Crippen molar-refractivity contribution in [1.29, 1.82) is 0 Å². The first-order chi connectivity index (χ1) is 14.5. The lowest BCUT2D eigenvalue weighted by Gasteiger charge is -2.37. The third-order valence-corrected chi connectivity index (χ3v) is 5.40. The zero-order valence-electron chi connectivity index (χ0n) is 16.7. The quantitative estimate of drug-likeness (QED) is 0.669. The lowest BCUT2D eigenvalue weighted by Crippen LogP contribution is -2.51. The standard InChI is InChI=1S/C23H23FN4O2/c1-17(28-22(29)12-11-20(25-28)18-7-3-2-4-8-18)23(30)27-15-13-26(14-16-27)21-10-6-5-9-19(21)24/h2-12,17H,13-16H2,1H3. The van der Waals surface area contributed by atoms with E-state index in [4.69, 9.17) is 0 Å². The molecule has 0 bridgehead atoms. The Morgan fingerprint density at radius 2 is 1.60 bits per heavy atom. The van der Waals surface area contributed by atoms with Gasteiger partial charge in [-0.1, -0.05) is 42.5 Å². The van der Waals surface area contributed by atoms with Gasteiger partial charge in [0.05, 0.1) is 11.4 Å². The second-order valence-corrected chi connectivity index (χ2v) is 7.31. The van der Waals surface area contributed by atoms with Gasteiger partial charge in [0.15, 0.2) is 0 Å². The Kier molecular flexibility index (Phi) is 5.61. The Morgan fingerprint density at radius 3 is 2.30 bits per heavy atom. The zero-order chi connectivity index (χ0) is 21.1. The molecule has 0 saturated carbocycles. The maximum absolute atomic E-state index is 14.0. The molecule has 30 heavy (non-hydrogen) atoms. The van der Waals surface area contributed by atoms with Crippen LogP contribution in [0.5, 0.6) is 0 Å². The summed E-state index contributed by atoms with van der Waals surface area (Å²) < 4.78 is 15.3. The molecule has 3 aromatic rings. The van der Waals surface area contributed by atoms with Gasteiger partial charge < -0.3 is 9.80 Å². The molecule has 0 aliphatic carbocycles. The molecule has 1 aliphatic rings. The summed E-state index contributed by atoms with van der Waals surface area (Å²) >= 11 is 0. The van der Waals surface area contributed by atoms with Crippen LogP contribution >= 0.6 is 0 Å². The summed E-state index contributed by atoms with van der Waals surface area (Å²) in [5.41, 5.74) is 1.75. The van der Waals surface area contributed by atoms with E-state index in [1.165, 1.54) is 16.8 Å². The van der Waals surface area contributed by atoms with Crippen molar-refractivity contribution in [2.45, 2.75) is 13.0 Å². The fourth-order valence-electron chi connectivity index (χ4n) is 3.71. The van der Waals surface area contributed by atoms with E-state index in [-0.39, 0.29) is 17.3 Å². The summed E-state index contributed by atoms with van der Waals surface area (Å²) in [4.78, 5) is 29.1. The van der Waals surface area contributed by atoms with Crippen LogP contribution in [0.15, 0.2) is 71.5 Å². The van der Waals surface area contributed by atoms with E-state index in [9.17, 15) is 14.0 Å². The van der Waals surface area contributed by atoms with Gasteiger partial charge in [-0.15, -0.1) is 0 Å². The van der Waals surface area contributed by atoms with E-state index in [0.29, 0.717) is 37.6 Å². The second-order valence-electron chi connectivity index (χ2n) is 7.31. The first-order valence-electron chi connectivity index (χ1n) is 9.98. The molecule has 1 unspecified atom stereocenters. The average molecular weight is 406 g/mol. The summed E-state index contributed by atoms with van der Waals surface area (Å²) in [6.07, 6.45) is 0. The lowest BCUT2D eigenvalue weighted by molar-refractivity contribution is -0.135. The number of carbonyl (C=O) groups is 1. The predicted octanol–water partition coefficient (Wildman–Crippen LogP) is 2.96. The van der Waals surface area contributed by atoms with Gasteiger partial charge in [0.25, 0.3) is 5.56 Å². The summed E-state index contributed by atoms with van der Waals surface area (Å²) in [5.74, 6) is -0.429. The van der Waals surface area contributed by atoms with Gasteiger partial charge in [-0.3, -0.25) is 9.59 Å². The molecule has 2 aromatic carbocycles. The van der Waals surface area contributed by atoms with Crippen LogP contribution in [0.4, 0.5) is 10.1 Å². The van der Waals surface area contributed by atoms with Gasteiger partial charge in [-0.25, -0.2) is 9.07 Å². The predicted molar refractivity (Wildman–Crippen MR) is 114 cm³/mol. The van der Waals surface area contributed by atoms with E-state index in [1.807, 2.05) is 35.2 Å². The van der Waals surface area contributed by atoms with Crippen LogP contribution in [0.1, 0.15) is 13.0 Å². The highest BCUT2D eigenvalue weighted by Crippen LogP contribution is 2.21. The van der Waals surface area contributed by atoms with Crippen molar-refractivity contribution in [3.8, 4) is 11.3 Å². The Morgan fingerprint density at radius 1 is 0.933 bits per heavy atom. The van der Waals surface area contributed by atoms with Gasteiger partial charge in [0, 0.05) is 37.8 Å². The number of anilines is 1. The smallest absolute Gasteiger partial charge is 0.267 e. The molecule has 1 amide bonds. The number of hydrogen-bond acceptors (Lipinski definition) is 4. The third kappa shape index (κ3) is 3.96. The van der Waals surface area contributed by atoms with E-state index < -0.39 is 6.04 Å². The van der Waals surface area contributed by atoms with Crippen molar-refractivity contribution >= 4 is 11.6 Å². The van der Waals surface area contributed by atoms with Gasteiger partial charge in [0.1, 0.15) is 11.9 Å². The molecule has 6 nitrogen and oxygen atoms in total. The van der Waals surface area contributed by atoms with Crippen LogP contribution < -0.4 is 10.5 Å². The molecular formula is C23H23FN4O2. The average Bonchev–Trinajstić information content (AvgIpc) is 2.79. The van der Waals surface area contributed by atoms with Crippen molar-refractivity contribution in [1.82, 2.24) is 14.7 Å². The monoisotopic (exact) mass is 406 g/mol. The molecular weight excluding hydrogens is 383 g/mol. The highest BCUT2D eigenvalue weighted by molar-refractivity contribution is 5.80. The second kappa shape index (κ2) is 8.49. The van der Waals surface area contributed by atoms with E-state index in [0.717, 1.165) is 5.56 Å². The summed E-state index contributed by atoms with van der Waals surface area (Å²) in [5, 5.41) is 4.43. The molecule has 1 fully saturated rings. The summed E-state index contributed by atoms with van der Waals surface area (Å²) in [6, 6.07) is 18.6. The number of amides is 1. The Hall–Kier alpha value is -3.48. The van der Waals surface area contributed by atoms with Gasteiger partial charge in [-0.05, 0) is 25.1 Å². The minimum absolute atomic E-state index is 0.164. The molecule has 154 valence electrons. The lowest BCUT2D eigenvalue weighted by atomic mass is 10.1. The number of para-hydroxylation sites is 1. The van der Waals surface area contributed by atoms with Crippen LogP contribution in [0.3, 0.4) is 0 Å². The SMILES string of the molecule is CC(C(=O)N1CCN(c2ccccc2F)CC1)n1nc(-c2ccccc2)ccc1=O. The number of aromatic nitrogens is 2. The topological polar surface area (TPSA) is 58.4 Å². The fraction of sp³-hybridized carbons (Fsp3) is 0.261. The molecule has 1 aliphatic heterocycles. The number of carbonyl (C=O) groups excluding carboxylic acids is 1. The Balaban J connectivity index is 1.48. The summed E-state index contributed by atoms with van der Waals surface area (Å²) in [6.45, 7) is 3.68. The molecule has 7 heteroatoms. The number of benzene rings is 2. The third-order valence-electron chi connectivity index (χ3n) is 5.40. The first kappa shape index (κ1) is 19.8. The van der Waals surface area contributed by atoms with Crippen molar-refractivity contribution in [3.05, 3.63) is 82.9 Å². The molecule has 2 heterocycles. The molecule has 0 N–H and O–H groups in total. The fourth-order valence-corrected chi connectivity index (χ4v) is 3.71. The van der Waals surface area contributed by atoms with Crippen LogP contribution in [0.25, 0.3) is 11.3 Å². The van der Waals surface area contributed by atoms with Crippen molar-refractivity contribution in [2.75, 3.05) is 31.1 Å². The number of piperazine rings is 1. The molecule has 1 aromatic heterocycles. The first-order valence-corrected chi connectivity index (χ1v) is 9.98. The maximum atomic E-state index is 14.0. The highest BCUT2D eigenvalue weighted by Gasteiger charge is 2.28. The number of rotatable bonds is 4. The number of hydrogen-bond donors (Lipinski definition) is 0. The summed E-state index contributed by atoms with van der Waals surface area (Å²) in [7, 11) is 0. The van der Waals surface area contributed by atoms with Crippen molar-refractivity contribution in [2.24, 2.45) is 0 Å². The Bertz CT molecular complexity index is 1090. The van der Waals surface area contributed by atoms with E-state index in [1.54, 1.807) is 36.1 Å². The highest BCUT2D eigenvalue weighted by atomic mass is 19.1. The van der Waals surface area contributed by atoms with E-state index in [2.05, 4.69) is 5.10 Å². The van der Waals surface area contributed by atoms with Gasteiger partial charge >= 0.3 is 0 Å². The minimum Gasteiger partial charge on any atom is -0.366 e. The molecule has 1 saturated heterocycles. The molecule has 0 spiro atoms. The Labute approximate surface area is 174 Å². The largest absolute Gasteiger partial charge is 0.366 e. The van der Waals surface area contributed by atoms with Crippen molar-refractivity contribution in [3.63, 3.8) is 0 Å². The molecule has 0 radical (unpaired) electrons. The molecule has 1 atom stereocenters. The maximum Gasteiger partial charge on any atom is 0.267 e. The minimum atomic E-state index is -0.721. The van der Waals surface area contributed by atoms with Gasteiger partial charge in [0.2, 0.25) is 5.91 Å². The molecule has 4 rings (SSSR count). The van der Waals surface area contributed by atoms with Crippen LogP contribution in [0.2, 0.25) is 0 Å². The zero-order valence-corrected chi connectivity index (χ0v) is 16.7. The van der Waals surface area contributed by atoms with Crippen molar-refractivity contribution < 1.29 is 9.18 Å².